The van der Waals surface area contributed by atoms with Crippen molar-refractivity contribution in [3.8, 4) is 46.0 Å². The summed E-state index contributed by atoms with van der Waals surface area (Å²) >= 11 is 12.1. The Hall–Kier alpha value is -2.56. The van der Waals surface area contributed by atoms with Crippen molar-refractivity contribution < 1.29 is 71.7 Å². The summed E-state index contributed by atoms with van der Waals surface area (Å²) in [5.74, 6) is 3.27. The number of hydrogen-bond acceptors (Lipinski definition) is 16. The van der Waals surface area contributed by atoms with Crippen molar-refractivity contribution in [3.63, 3.8) is 0 Å². The number of amides is 2. The summed E-state index contributed by atoms with van der Waals surface area (Å²) in [6, 6.07) is 15.6. The molecule has 0 aromatic heterocycles. The molecule has 0 aliphatic carbocycles. The number of benzene rings is 4. The zero-order valence-electron chi connectivity index (χ0n) is 35.3. The number of halogens is 5. The van der Waals surface area contributed by atoms with E-state index in [0.29, 0.717) is 55.3 Å². The predicted octanol–water partition coefficient (Wildman–Crippen LogP) is 10.1. The van der Waals surface area contributed by atoms with E-state index in [1.165, 1.54) is 66.6 Å². The molecule has 0 fully saturated rings. The van der Waals surface area contributed by atoms with E-state index in [1.807, 2.05) is 0 Å². The first kappa shape index (κ1) is 62.5. The van der Waals surface area contributed by atoms with Crippen LogP contribution in [0.25, 0.3) is 0 Å². The second-order valence-electron chi connectivity index (χ2n) is 10.8. The summed E-state index contributed by atoms with van der Waals surface area (Å²) in [5, 5.41) is 26.4. The average Bonchev–Trinajstić information content (AvgIpc) is 3.23. The Bertz CT molecular complexity index is 2060. The first-order chi connectivity index (χ1) is 29.7. The van der Waals surface area contributed by atoms with Crippen molar-refractivity contribution in [1.29, 1.82) is 0 Å². The number of nitro groups is 2. The van der Waals surface area contributed by atoms with Gasteiger partial charge in [0.1, 0.15) is 11.4 Å². The second-order valence-corrected chi connectivity index (χ2v) is 58.0. The average molecular weight is 1520 g/mol. The van der Waals surface area contributed by atoms with Crippen molar-refractivity contribution in [2.24, 2.45) is 0 Å². The van der Waals surface area contributed by atoms with Crippen molar-refractivity contribution in [1.82, 2.24) is 0 Å². The molecule has 0 saturated carbocycles. The molecule has 0 heterocycles. The molecule has 4 aromatic carbocycles. The third-order valence-corrected chi connectivity index (χ3v) is 6.85. The van der Waals surface area contributed by atoms with E-state index in [4.69, 9.17) is 49.4 Å². The van der Waals surface area contributed by atoms with Gasteiger partial charge in [0.05, 0.1) is 78.9 Å². The van der Waals surface area contributed by atoms with Crippen LogP contribution in [0.2, 0.25) is 0 Å². The summed E-state index contributed by atoms with van der Waals surface area (Å²) in [7, 11) is 12.5. The number of ether oxygens (including phenoxy) is 8. The molecule has 0 aliphatic heterocycles. The molecule has 349 valence electrons. The van der Waals surface area contributed by atoms with Gasteiger partial charge in [-0.25, -0.2) is 0 Å². The number of rotatable bonds is 12. The molecular formula is C36H46I5N6O14V2. The van der Waals surface area contributed by atoms with E-state index in [-0.39, 0.29) is 45.1 Å². The summed E-state index contributed by atoms with van der Waals surface area (Å²) in [6.45, 7) is 2.72. The van der Waals surface area contributed by atoms with Gasteiger partial charge in [-0.05, 0) is 24.3 Å². The van der Waals surface area contributed by atoms with E-state index in [1.54, 1.807) is 64.8 Å². The number of nitrogen functional groups attached to an aromatic ring is 2. The Morgan fingerprint density at radius 2 is 0.889 bits per heavy atom. The Balaban J connectivity index is 0. The van der Waals surface area contributed by atoms with E-state index in [0.717, 1.165) is 0 Å². The summed E-state index contributed by atoms with van der Waals surface area (Å²) < 4.78 is 39.9. The van der Waals surface area contributed by atoms with Gasteiger partial charge in [-0.1, -0.05) is 0 Å². The summed E-state index contributed by atoms with van der Waals surface area (Å²) in [4.78, 5) is 41.6. The number of nitrogens with two attached hydrogens (primary N) is 2. The Labute approximate surface area is 431 Å². The van der Waals surface area contributed by atoms with Gasteiger partial charge < -0.3 is 60.0 Å². The number of nitro benzene ring substituents is 2. The normalized spacial score (nSPS) is 9.21. The standard InChI is InChI=1S/C10H12N2O5.C10H13NO3.C8H10N2O4.C8H11NO2.5HI.2V/c1-6(13)11-7-4-9(16-2)10(17-3)5-8(7)12(14)15;1-7(12)11-8-4-5-9(13-2)10(6-8)14-3;1-13-7-3-5(9)6(10(11)12)4-8(7)14-2;1-10-7-4-3-6(9)5-8(7)11-2;;;;;;;/h4-5H,1-3H3,(H,11,13);4-6H,1-3H3,(H,11,12);3-4H,9H2,1-2H3;3-5H,9H2,1-2H3;5*1H;;/q;;;;;;;;;+2;+3/p-5. The predicted molar refractivity (Wildman–Crippen MR) is 279 cm³/mol. The molecule has 0 unspecified atom stereocenters. The number of nitrogens with one attached hydrogen (secondary N) is 2. The number of carbonyl (C=O) groups is 2. The molecule has 27 heteroatoms. The number of anilines is 4. The Kier molecular flexibility index (Phi) is 35.4. The molecular weight excluding hydrogens is 1480 g/mol. The number of nitrogens with zero attached hydrogens (tertiary/aromatic N) is 2. The van der Waals surface area contributed by atoms with Crippen molar-refractivity contribution in [3.05, 3.63) is 80.9 Å². The zero-order valence-corrected chi connectivity index (χ0v) is 48.9. The summed E-state index contributed by atoms with van der Waals surface area (Å²) in [5.41, 5.74) is 12.0. The van der Waals surface area contributed by atoms with Crippen LogP contribution >= 0.6 is 99.9 Å². The minimum absolute atomic E-state index is 0.0488. The Morgan fingerprint density at radius 1 is 0.556 bits per heavy atom. The molecule has 0 spiro atoms. The van der Waals surface area contributed by atoms with Crippen LogP contribution in [-0.4, -0.2) is 78.5 Å². The molecule has 0 radical (unpaired) electrons. The summed E-state index contributed by atoms with van der Waals surface area (Å²) in [6.07, 6.45) is 0. The SMILES string of the molecule is COc1cc(N)c([N+](=O)[O-])cc1OC.COc1cc(NC(C)=O)c([N+](=O)[O-])cc1OC.COc1ccc(N)cc1OC.COc1ccc(NC(C)=O)cc1OC.[I][V]([I])[I].[I][V][I]. The number of methoxy groups -OCH3 is 8. The van der Waals surface area contributed by atoms with Crippen LogP contribution in [0.1, 0.15) is 13.8 Å². The molecule has 0 atom stereocenters. The first-order valence-electron chi connectivity index (χ1n) is 16.7. The van der Waals surface area contributed by atoms with Crippen LogP contribution in [0.3, 0.4) is 0 Å². The molecule has 0 saturated heterocycles. The van der Waals surface area contributed by atoms with Gasteiger partial charge in [-0.3, -0.25) is 29.8 Å². The Morgan fingerprint density at radius 3 is 1.27 bits per heavy atom. The van der Waals surface area contributed by atoms with Crippen LogP contribution in [-0.2, 0) is 24.0 Å². The molecule has 6 N–H and O–H groups in total. The van der Waals surface area contributed by atoms with Gasteiger partial charge in [-0.15, -0.1) is 0 Å². The third-order valence-electron chi connectivity index (χ3n) is 6.85. The maximum absolute atomic E-state index is 10.9. The fourth-order valence-corrected chi connectivity index (χ4v) is 4.32. The van der Waals surface area contributed by atoms with Crippen molar-refractivity contribution in [2.75, 3.05) is 79.0 Å². The van der Waals surface area contributed by atoms with Crippen LogP contribution in [0.15, 0.2) is 60.7 Å². The molecule has 20 nitrogen and oxygen atoms in total. The van der Waals surface area contributed by atoms with Gasteiger partial charge in [0.2, 0.25) is 11.8 Å². The van der Waals surface area contributed by atoms with Crippen molar-refractivity contribution >= 4 is 146 Å². The quantitative estimate of drug-likeness (QED) is 0.0444. The van der Waals surface area contributed by atoms with Gasteiger partial charge in [0.25, 0.3) is 11.4 Å². The van der Waals surface area contributed by atoms with E-state index >= 15 is 0 Å². The third kappa shape index (κ3) is 25.6. The molecule has 4 rings (SSSR count). The zero-order chi connectivity index (χ0) is 48.8. The van der Waals surface area contributed by atoms with Gasteiger partial charge in [0.15, 0.2) is 46.0 Å². The monoisotopic (exact) mass is 1520 g/mol. The molecule has 0 bridgehead atoms. The molecule has 2 amide bonds. The van der Waals surface area contributed by atoms with E-state index < -0.39 is 15.8 Å². The number of carbonyl (C=O) groups excluding carboxylic acids is 2. The van der Waals surface area contributed by atoms with E-state index in [9.17, 15) is 29.8 Å². The van der Waals surface area contributed by atoms with Crippen LogP contribution in [0, 0.1) is 20.2 Å². The van der Waals surface area contributed by atoms with Crippen LogP contribution in [0.4, 0.5) is 34.1 Å². The minimum atomic E-state index is -0.604. The first-order valence-corrected chi connectivity index (χ1v) is 39.2. The van der Waals surface area contributed by atoms with E-state index in [2.05, 4.69) is 111 Å². The fourth-order valence-electron chi connectivity index (χ4n) is 4.32. The second kappa shape index (κ2) is 35.7. The number of hydrogen-bond donors (Lipinski definition) is 4. The van der Waals surface area contributed by atoms with Crippen LogP contribution in [0.5, 0.6) is 46.0 Å². The van der Waals surface area contributed by atoms with Crippen molar-refractivity contribution in [2.45, 2.75) is 13.8 Å². The fraction of sp³-hybridized carbons (Fsp3) is 0.278. The topological polar surface area (TPSA) is 270 Å². The van der Waals surface area contributed by atoms with Gasteiger partial charge >= 0.3 is 114 Å². The van der Waals surface area contributed by atoms with Crippen LogP contribution < -0.4 is 60.0 Å². The molecule has 63 heavy (non-hydrogen) atoms. The van der Waals surface area contributed by atoms with Gasteiger partial charge in [-0.2, -0.15) is 0 Å². The molecule has 0 aliphatic rings. The van der Waals surface area contributed by atoms with Gasteiger partial charge in [0, 0.05) is 49.5 Å². The molecule has 4 aromatic rings. The maximum atomic E-state index is 10.9.